The van der Waals surface area contributed by atoms with Gasteiger partial charge in [-0.25, -0.2) is 14.2 Å². The number of nitrogens with zero attached hydrogens (tertiary/aromatic N) is 4. The van der Waals surface area contributed by atoms with Crippen LogP contribution in [0.15, 0.2) is 40.9 Å². The largest absolute Gasteiger partial charge is 0.449 e. The van der Waals surface area contributed by atoms with E-state index in [1.807, 2.05) is 26.0 Å². The fourth-order valence-corrected chi connectivity index (χ4v) is 5.59. The molecule has 0 radical (unpaired) electrons. The summed E-state index contributed by atoms with van der Waals surface area (Å²) in [6.45, 7) is 4.05. The first kappa shape index (κ1) is 23.9. The average Bonchev–Trinajstić information content (AvgIpc) is 3.39. The van der Waals surface area contributed by atoms with Crippen molar-refractivity contribution in [1.29, 1.82) is 0 Å². The van der Waals surface area contributed by atoms with E-state index in [1.165, 1.54) is 17.0 Å². The number of anilines is 1. The van der Waals surface area contributed by atoms with Crippen LogP contribution in [0.1, 0.15) is 48.6 Å². The van der Waals surface area contributed by atoms with Crippen LogP contribution in [-0.2, 0) is 9.47 Å². The van der Waals surface area contributed by atoms with Gasteiger partial charge in [0.15, 0.2) is 0 Å². The topological polar surface area (TPSA) is 82.6 Å². The molecule has 1 unspecified atom stereocenters. The Morgan fingerprint density at radius 1 is 1.16 bits per heavy atom. The van der Waals surface area contributed by atoms with Gasteiger partial charge in [0.05, 0.1) is 40.1 Å². The standard InChI is InChI=1S/C27H26ClFN4O4/c1-14-25(15(2)37-31-14)16-4-7-23-22(10-16)30-26(32(23)18-11-19(12-18)35-3)24-8-9-36-27(34)33(24)17-5-6-20(28)21(29)13-17/h4-7,10,13,18-19,24H,8-9,11-12H2,1-3H3. The first-order chi connectivity index (χ1) is 17.9. The van der Waals surface area contributed by atoms with Gasteiger partial charge in [-0.2, -0.15) is 0 Å². The van der Waals surface area contributed by atoms with E-state index in [2.05, 4.69) is 15.8 Å². The number of carbonyl (C=O) groups excluding carboxylic acids is 1. The Kier molecular flexibility index (Phi) is 5.92. The van der Waals surface area contributed by atoms with Gasteiger partial charge in [0.1, 0.15) is 23.4 Å². The number of cyclic esters (lactones) is 1. The highest BCUT2D eigenvalue weighted by Crippen LogP contribution is 2.43. The Morgan fingerprint density at radius 3 is 2.68 bits per heavy atom. The first-order valence-corrected chi connectivity index (χ1v) is 12.6. The maximum atomic E-state index is 14.4. The van der Waals surface area contributed by atoms with Crippen LogP contribution in [-0.4, -0.2) is 40.6 Å². The number of hydrogen-bond donors (Lipinski definition) is 0. The van der Waals surface area contributed by atoms with E-state index in [0.29, 0.717) is 12.1 Å². The molecule has 3 heterocycles. The monoisotopic (exact) mass is 524 g/mol. The molecule has 8 nitrogen and oxygen atoms in total. The van der Waals surface area contributed by atoms with E-state index >= 15 is 0 Å². The predicted molar refractivity (Wildman–Crippen MR) is 136 cm³/mol. The molecule has 1 saturated carbocycles. The molecule has 2 aromatic carbocycles. The van der Waals surface area contributed by atoms with E-state index < -0.39 is 18.0 Å². The van der Waals surface area contributed by atoms with Crippen molar-refractivity contribution in [2.45, 2.75) is 51.3 Å². The Morgan fingerprint density at radius 2 is 1.97 bits per heavy atom. The van der Waals surface area contributed by atoms with Crippen molar-refractivity contribution in [2.24, 2.45) is 0 Å². The zero-order valence-corrected chi connectivity index (χ0v) is 21.5. The van der Waals surface area contributed by atoms with E-state index in [-0.39, 0.29) is 23.8 Å². The Bertz CT molecular complexity index is 1490. The number of halogens is 2. The molecule has 1 atom stereocenters. The number of aryl methyl sites for hydroxylation is 2. The molecule has 2 aromatic heterocycles. The minimum absolute atomic E-state index is 0.00940. The number of aromatic nitrogens is 3. The maximum absolute atomic E-state index is 14.4. The van der Waals surface area contributed by atoms with Crippen molar-refractivity contribution in [3.63, 3.8) is 0 Å². The fourth-order valence-electron chi connectivity index (χ4n) is 5.48. The third-order valence-corrected chi connectivity index (χ3v) is 7.72. The summed E-state index contributed by atoms with van der Waals surface area (Å²) < 4.78 is 32.9. The molecule has 4 aromatic rings. The predicted octanol–water partition coefficient (Wildman–Crippen LogP) is 6.54. The summed E-state index contributed by atoms with van der Waals surface area (Å²) in [5.41, 5.74) is 4.85. The van der Waals surface area contributed by atoms with Gasteiger partial charge < -0.3 is 18.6 Å². The van der Waals surface area contributed by atoms with Crippen LogP contribution in [0, 0.1) is 19.7 Å². The van der Waals surface area contributed by atoms with Crippen LogP contribution in [0.5, 0.6) is 0 Å². The van der Waals surface area contributed by atoms with Crippen LogP contribution in [0.2, 0.25) is 5.02 Å². The lowest BCUT2D eigenvalue weighted by Gasteiger charge is -2.39. The summed E-state index contributed by atoms with van der Waals surface area (Å²) in [5.74, 6) is 0.873. The Hall–Kier alpha value is -3.43. The molecule has 0 bridgehead atoms. The molecule has 1 aliphatic carbocycles. The summed E-state index contributed by atoms with van der Waals surface area (Å²) in [6.07, 6.45) is 1.82. The molecule has 1 saturated heterocycles. The molecule has 10 heteroatoms. The molecular weight excluding hydrogens is 499 g/mol. The summed E-state index contributed by atoms with van der Waals surface area (Å²) in [6, 6.07) is 10.2. The van der Waals surface area contributed by atoms with Crippen molar-refractivity contribution >= 4 is 34.4 Å². The number of carbonyl (C=O) groups is 1. The summed E-state index contributed by atoms with van der Waals surface area (Å²) in [5, 5.41) is 4.08. The third kappa shape index (κ3) is 3.97. The SMILES string of the molecule is COC1CC(n2c(C3CCOC(=O)N3c3ccc(Cl)c(F)c3)nc3cc(-c4c(C)noc4C)ccc32)C1. The smallest absolute Gasteiger partial charge is 0.414 e. The van der Waals surface area contributed by atoms with Crippen molar-refractivity contribution in [3.05, 3.63) is 64.5 Å². The molecule has 2 fully saturated rings. The lowest BCUT2D eigenvalue weighted by molar-refractivity contribution is 0.00598. The number of fused-ring (bicyclic) bond motifs is 1. The van der Waals surface area contributed by atoms with Crippen molar-refractivity contribution < 1.29 is 23.2 Å². The number of ether oxygens (including phenoxy) is 2. The fraction of sp³-hybridized carbons (Fsp3) is 0.370. The lowest BCUT2D eigenvalue weighted by atomic mass is 9.88. The van der Waals surface area contributed by atoms with Crippen LogP contribution in [0.3, 0.4) is 0 Å². The van der Waals surface area contributed by atoms with E-state index in [1.54, 1.807) is 13.2 Å². The van der Waals surface area contributed by atoms with Crippen molar-refractivity contribution in [1.82, 2.24) is 14.7 Å². The van der Waals surface area contributed by atoms with Gasteiger partial charge in [-0.15, -0.1) is 0 Å². The van der Waals surface area contributed by atoms with Crippen molar-refractivity contribution in [2.75, 3.05) is 18.6 Å². The van der Waals surface area contributed by atoms with Gasteiger partial charge >= 0.3 is 6.09 Å². The molecule has 1 amide bonds. The van der Waals surface area contributed by atoms with E-state index in [4.69, 9.17) is 30.6 Å². The number of methoxy groups -OCH3 is 1. The highest BCUT2D eigenvalue weighted by Gasteiger charge is 2.40. The molecule has 6 rings (SSSR count). The minimum atomic E-state index is -0.601. The van der Waals surface area contributed by atoms with Gasteiger partial charge in [0.25, 0.3) is 0 Å². The van der Waals surface area contributed by atoms with E-state index in [9.17, 15) is 9.18 Å². The Balaban J connectivity index is 1.50. The van der Waals surface area contributed by atoms with Crippen LogP contribution in [0.25, 0.3) is 22.2 Å². The summed E-state index contributed by atoms with van der Waals surface area (Å²) >= 11 is 5.91. The van der Waals surface area contributed by atoms with Crippen LogP contribution in [0.4, 0.5) is 14.9 Å². The second kappa shape index (κ2) is 9.15. The zero-order chi connectivity index (χ0) is 25.8. The first-order valence-electron chi connectivity index (χ1n) is 12.2. The zero-order valence-electron chi connectivity index (χ0n) is 20.7. The summed E-state index contributed by atoms with van der Waals surface area (Å²) in [4.78, 5) is 19.6. The van der Waals surface area contributed by atoms with Gasteiger partial charge in [0, 0.05) is 25.1 Å². The average molecular weight is 525 g/mol. The van der Waals surface area contributed by atoms with E-state index in [0.717, 1.165) is 52.3 Å². The highest BCUT2D eigenvalue weighted by molar-refractivity contribution is 6.30. The van der Waals surface area contributed by atoms with Crippen molar-refractivity contribution in [3.8, 4) is 11.1 Å². The lowest BCUT2D eigenvalue weighted by Crippen LogP contribution is -2.43. The maximum Gasteiger partial charge on any atom is 0.414 e. The second-order valence-corrected chi connectivity index (χ2v) is 10.0. The van der Waals surface area contributed by atoms with Gasteiger partial charge in [-0.05, 0) is 62.6 Å². The molecule has 0 N–H and O–H groups in total. The Labute approximate surface area is 217 Å². The van der Waals surface area contributed by atoms with Crippen LogP contribution >= 0.6 is 11.6 Å². The second-order valence-electron chi connectivity index (χ2n) is 9.61. The van der Waals surface area contributed by atoms with Crippen LogP contribution < -0.4 is 4.90 Å². The normalized spacial score (nSPS) is 21.8. The molecule has 37 heavy (non-hydrogen) atoms. The molecule has 2 aliphatic rings. The molecule has 192 valence electrons. The number of hydrogen-bond acceptors (Lipinski definition) is 6. The van der Waals surface area contributed by atoms with Gasteiger partial charge in [-0.3, -0.25) is 4.90 Å². The number of rotatable bonds is 5. The molecular formula is C27H26ClFN4O4. The highest BCUT2D eigenvalue weighted by atomic mass is 35.5. The molecule has 0 spiro atoms. The number of imidazole rings is 1. The quantitative estimate of drug-likeness (QED) is 0.295. The number of benzene rings is 2. The summed E-state index contributed by atoms with van der Waals surface area (Å²) in [7, 11) is 1.72. The van der Waals surface area contributed by atoms with Gasteiger partial charge in [0.2, 0.25) is 0 Å². The molecule has 1 aliphatic heterocycles. The minimum Gasteiger partial charge on any atom is -0.449 e. The third-order valence-electron chi connectivity index (χ3n) is 7.41. The number of amides is 1. The van der Waals surface area contributed by atoms with Gasteiger partial charge in [-0.1, -0.05) is 22.8 Å².